The zero-order chi connectivity index (χ0) is 16.1. The van der Waals surface area contributed by atoms with Gasteiger partial charge >= 0.3 is 0 Å². The van der Waals surface area contributed by atoms with Crippen LogP contribution in [0.1, 0.15) is 11.1 Å². The van der Waals surface area contributed by atoms with Crippen molar-refractivity contribution in [3.8, 4) is 11.5 Å². The highest BCUT2D eigenvalue weighted by Crippen LogP contribution is 2.31. The van der Waals surface area contributed by atoms with Gasteiger partial charge in [-0.2, -0.15) is 0 Å². The second-order valence-electron chi connectivity index (χ2n) is 4.84. The fourth-order valence-electron chi connectivity index (χ4n) is 2.15. The first-order valence-electron chi connectivity index (χ1n) is 6.81. The van der Waals surface area contributed by atoms with Gasteiger partial charge in [0.05, 0.1) is 26.3 Å². The lowest BCUT2D eigenvalue weighted by atomic mass is 10.1. The van der Waals surface area contributed by atoms with E-state index in [0.717, 1.165) is 11.1 Å². The Bertz CT molecular complexity index is 686. The molecule has 22 heavy (non-hydrogen) atoms. The zero-order valence-electron chi connectivity index (χ0n) is 12.8. The highest BCUT2D eigenvalue weighted by atomic mass is 35.5. The summed E-state index contributed by atoms with van der Waals surface area (Å²) in [6, 6.07) is 10.9. The van der Waals surface area contributed by atoms with Crippen LogP contribution < -0.4 is 14.8 Å². The second kappa shape index (κ2) is 7.18. The zero-order valence-corrected chi connectivity index (χ0v) is 13.5. The molecule has 0 aliphatic heterocycles. The molecule has 4 nitrogen and oxygen atoms in total. The number of benzene rings is 2. The summed E-state index contributed by atoms with van der Waals surface area (Å²) < 4.78 is 10.5. The molecule has 2 aromatic carbocycles. The van der Waals surface area contributed by atoms with Crippen LogP contribution in [0.5, 0.6) is 11.5 Å². The number of amides is 1. The molecule has 0 saturated carbocycles. The minimum Gasteiger partial charge on any atom is -0.496 e. The summed E-state index contributed by atoms with van der Waals surface area (Å²) in [6.45, 7) is 1.87. The number of nitrogens with one attached hydrogen (secondary N) is 1. The van der Waals surface area contributed by atoms with Crippen LogP contribution in [0.25, 0.3) is 0 Å². The van der Waals surface area contributed by atoms with E-state index < -0.39 is 0 Å². The third-order valence-corrected chi connectivity index (χ3v) is 3.71. The fraction of sp³-hybridized carbons (Fsp3) is 0.235. The Morgan fingerprint density at radius 1 is 1.14 bits per heavy atom. The molecule has 0 saturated heterocycles. The molecular formula is C17H18ClNO3. The normalized spacial score (nSPS) is 10.2. The third-order valence-electron chi connectivity index (χ3n) is 3.30. The summed E-state index contributed by atoms with van der Waals surface area (Å²) >= 11 is 6.06. The molecule has 0 atom stereocenters. The maximum atomic E-state index is 12.3. The van der Waals surface area contributed by atoms with E-state index in [4.69, 9.17) is 21.1 Å². The molecule has 5 heteroatoms. The monoisotopic (exact) mass is 319 g/mol. The lowest BCUT2D eigenvalue weighted by Crippen LogP contribution is -2.15. The number of aryl methyl sites for hydroxylation is 1. The van der Waals surface area contributed by atoms with E-state index in [1.807, 2.05) is 31.2 Å². The molecular weight excluding hydrogens is 302 g/mol. The number of hydrogen-bond acceptors (Lipinski definition) is 3. The van der Waals surface area contributed by atoms with Crippen molar-refractivity contribution < 1.29 is 14.3 Å². The van der Waals surface area contributed by atoms with Crippen molar-refractivity contribution in [2.24, 2.45) is 0 Å². The van der Waals surface area contributed by atoms with Gasteiger partial charge in [-0.3, -0.25) is 4.79 Å². The van der Waals surface area contributed by atoms with Crippen molar-refractivity contribution in [2.45, 2.75) is 13.3 Å². The van der Waals surface area contributed by atoms with Gasteiger partial charge in [0.15, 0.2) is 0 Å². The quantitative estimate of drug-likeness (QED) is 0.910. The average molecular weight is 320 g/mol. The largest absolute Gasteiger partial charge is 0.496 e. The highest BCUT2D eigenvalue weighted by molar-refractivity contribution is 6.31. The Morgan fingerprint density at radius 3 is 2.50 bits per heavy atom. The van der Waals surface area contributed by atoms with Crippen molar-refractivity contribution in [3.05, 3.63) is 52.5 Å². The molecule has 0 radical (unpaired) electrons. The number of methoxy groups -OCH3 is 2. The Balaban J connectivity index is 2.17. The summed E-state index contributed by atoms with van der Waals surface area (Å²) in [4.78, 5) is 12.3. The van der Waals surface area contributed by atoms with Crippen molar-refractivity contribution in [3.63, 3.8) is 0 Å². The molecule has 0 fully saturated rings. The highest BCUT2D eigenvalue weighted by Gasteiger charge is 2.12. The van der Waals surface area contributed by atoms with Crippen LogP contribution in [0.4, 0.5) is 5.69 Å². The minimum atomic E-state index is -0.149. The van der Waals surface area contributed by atoms with Crippen LogP contribution in [0.3, 0.4) is 0 Å². The van der Waals surface area contributed by atoms with E-state index in [1.165, 1.54) is 7.11 Å². The van der Waals surface area contributed by atoms with Gasteiger partial charge in [-0.05, 0) is 24.6 Å². The fourth-order valence-corrected chi connectivity index (χ4v) is 2.30. The molecule has 0 aromatic heterocycles. The van der Waals surface area contributed by atoms with Crippen LogP contribution in [-0.2, 0) is 11.2 Å². The summed E-state index contributed by atoms with van der Waals surface area (Å²) in [5.41, 5.74) is 2.30. The molecule has 1 N–H and O–H groups in total. The van der Waals surface area contributed by atoms with Crippen molar-refractivity contribution in [1.29, 1.82) is 0 Å². The minimum absolute atomic E-state index is 0.149. The Morgan fingerprint density at radius 2 is 1.82 bits per heavy atom. The van der Waals surface area contributed by atoms with E-state index in [9.17, 15) is 4.79 Å². The number of para-hydroxylation sites is 1. The molecule has 0 unspecified atom stereocenters. The molecule has 1 amide bonds. The van der Waals surface area contributed by atoms with E-state index >= 15 is 0 Å². The third kappa shape index (κ3) is 3.71. The average Bonchev–Trinajstić information content (AvgIpc) is 2.51. The molecule has 0 aliphatic rings. The SMILES string of the molecule is COc1ccccc1CC(=O)Nc1cc(C)c(Cl)cc1OC. The predicted molar refractivity (Wildman–Crippen MR) is 88.1 cm³/mol. The van der Waals surface area contributed by atoms with Crippen LogP contribution >= 0.6 is 11.6 Å². The molecule has 0 bridgehead atoms. The van der Waals surface area contributed by atoms with E-state index in [-0.39, 0.29) is 12.3 Å². The summed E-state index contributed by atoms with van der Waals surface area (Å²) in [5, 5.41) is 3.45. The maximum absolute atomic E-state index is 12.3. The molecule has 0 aliphatic carbocycles. The van der Waals surface area contributed by atoms with Gasteiger partial charge in [0.2, 0.25) is 5.91 Å². The van der Waals surface area contributed by atoms with Gasteiger partial charge < -0.3 is 14.8 Å². The first kappa shape index (κ1) is 16.2. The van der Waals surface area contributed by atoms with Gasteiger partial charge in [-0.1, -0.05) is 29.8 Å². The Kier molecular flexibility index (Phi) is 5.28. The van der Waals surface area contributed by atoms with Crippen molar-refractivity contribution in [1.82, 2.24) is 0 Å². The van der Waals surface area contributed by atoms with Crippen LogP contribution in [0.15, 0.2) is 36.4 Å². The van der Waals surface area contributed by atoms with E-state index in [1.54, 1.807) is 19.2 Å². The first-order valence-corrected chi connectivity index (χ1v) is 7.18. The van der Waals surface area contributed by atoms with Gasteiger partial charge in [0, 0.05) is 16.7 Å². The van der Waals surface area contributed by atoms with Crippen LogP contribution in [0.2, 0.25) is 5.02 Å². The van der Waals surface area contributed by atoms with Gasteiger partial charge in [-0.15, -0.1) is 0 Å². The van der Waals surface area contributed by atoms with Crippen LogP contribution in [-0.4, -0.2) is 20.1 Å². The predicted octanol–water partition coefficient (Wildman–Crippen LogP) is 3.85. The number of carbonyl (C=O) groups excluding carboxylic acids is 1. The number of carbonyl (C=O) groups is 1. The van der Waals surface area contributed by atoms with Gasteiger partial charge in [-0.25, -0.2) is 0 Å². The van der Waals surface area contributed by atoms with Crippen molar-refractivity contribution in [2.75, 3.05) is 19.5 Å². The number of anilines is 1. The van der Waals surface area contributed by atoms with Crippen LogP contribution in [0, 0.1) is 6.92 Å². The lowest BCUT2D eigenvalue weighted by molar-refractivity contribution is -0.115. The second-order valence-corrected chi connectivity index (χ2v) is 5.25. The summed E-state index contributed by atoms with van der Waals surface area (Å²) in [7, 11) is 3.12. The Labute approximate surface area is 135 Å². The number of halogens is 1. The van der Waals surface area contributed by atoms with E-state index in [2.05, 4.69) is 5.32 Å². The number of hydrogen-bond donors (Lipinski definition) is 1. The molecule has 0 spiro atoms. The topological polar surface area (TPSA) is 47.6 Å². The van der Waals surface area contributed by atoms with Gasteiger partial charge in [0.1, 0.15) is 11.5 Å². The van der Waals surface area contributed by atoms with E-state index in [0.29, 0.717) is 22.2 Å². The summed E-state index contributed by atoms with van der Waals surface area (Å²) in [6.07, 6.45) is 0.217. The standard InChI is InChI=1S/C17H18ClNO3/c1-11-8-14(16(22-3)10-13(11)18)19-17(20)9-12-6-4-5-7-15(12)21-2/h4-8,10H,9H2,1-3H3,(H,19,20). The lowest BCUT2D eigenvalue weighted by Gasteiger charge is -2.13. The Hall–Kier alpha value is -2.20. The molecule has 2 aromatic rings. The molecule has 2 rings (SSSR count). The first-order chi connectivity index (χ1) is 10.5. The summed E-state index contributed by atoms with van der Waals surface area (Å²) in [5.74, 6) is 1.07. The number of ether oxygens (including phenoxy) is 2. The van der Waals surface area contributed by atoms with Crippen molar-refractivity contribution >= 4 is 23.2 Å². The number of rotatable bonds is 5. The maximum Gasteiger partial charge on any atom is 0.229 e. The molecule has 116 valence electrons. The van der Waals surface area contributed by atoms with Gasteiger partial charge in [0.25, 0.3) is 0 Å². The smallest absolute Gasteiger partial charge is 0.229 e. The molecule has 0 heterocycles.